The maximum absolute atomic E-state index is 13.6. The van der Waals surface area contributed by atoms with Crippen LogP contribution in [0.2, 0.25) is 0 Å². The minimum Gasteiger partial charge on any atom is -0.352 e. The van der Waals surface area contributed by atoms with Crippen LogP contribution in [-0.4, -0.2) is 10.9 Å². The van der Waals surface area contributed by atoms with E-state index in [4.69, 9.17) is 0 Å². The van der Waals surface area contributed by atoms with Crippen molar-refractivity contribution in [1.82, 2.24) is 4.98 Å². The summed E-state index contributed by atoms with van der Waals surface area (Å²) in [5.74, 6) is -1.44. The molecule has 0 bridgehead atoms. The number of rotatable bonds is 4. The molecule has 2 N–H and O–H groups in total. The molecule has 0 atom stereocenters. The number of anilines is 3. The topological polar surface area (TPSA) is 54.0 Å². The lowest BCUT2D eigenvalue weighted by Crippen LogP contribution is -2.14. The van der Waals surface area contributed by atoms with Crippen LogP contribution in [0.4, 0.5) is 25.8 Å². The predicted molar refractivity (Wildman–Crippen MR) is 88.3 cm³/mol. The van der Waals surface area contributed by atoms with Crippen molar-refractivity contribution < 1.29 is 13.6 Å². The smallest absolute Gasteiger partial charge is 0.274 e. The Bertz CT molecular complexity index is 866. The second-order valence-corrected chi connectivity index (χ2v) is 4.97. The zero-order valence-electron chi connectivity index (χ0n) is 12.5. The predicted octanol–water partition coefficient (Wildman–Crippen LogP) is 4.36. The van der Waals surface area contributed by atoms with Gasteiger partial charge >= 0.3 is 0 Å². The molecule has 0 fully saturated rings. The molecule has 3 aromatic rings. The number of hydrogen-bond acceptors (Lipinski definition) is 3. The number of nitrogens with zero attached hydrogens (tertiary/aromatic N) is 1. The number of amides is 1. The Morgan fingerprint density at radius 2 is 1.46 bits per heavy atom. The highest BCUT2D eigenvalue weighted by atomic mass is 19.1. The first-order chi connectivity index (χ1) is 11.6. The molecule has 1 heterocycles. The number of benzene rings is 2. The molecule has 0 spiro atoms. The minimum absolute atomic E-state index is 0.0814. The fourth-order valence-electron chi connectivity index (χ4n) is 2.07. The van der Waals surface area contributed by atoms with E-state index in [9.17, 15) is 13.6 Å². The van der Waals surface area contributed by atoms with Gasteiger partial charge in [-0.3, -0.25) is 4.79 Å². The fraction of sp³-hybridized carbons (Fsp3) is 0. The molecule has 6 heteroatoms. The number of nitrogens with one attached hydrogen (secondary N) is 2. The third-order valence-corrected chi connectivity index (χ3v) is 3.27. The summed E-state index contributed by atoms with van der Waals surface area (Å²) in [5.41, 5.74) is 1.04. The zero-order chi connectivity index (χ0) is 16.9. The Morgan fingerprint density at radius 1 is 0.833 bits per heavy atom. The van der Waals surface area contributed by atoms with Gasteiger partial charge in [0.2, 0.25) is 0 Å². The van der Waals surface area contributed by atoms with E-state index >= 15 is 0 Å². The van der Waals surface area contributed by atoms with Gasteiger partial charge in [-0.2, -0.15) is 0 Å². The molecule has 1 aromatic heterocycles. The molecule has 0 aliphatic carbocycles. The monoisotopic (exact) mass is 325 g/mol. The molecule has 120 valence electrons. The van der Waals surface area contributed by atoms with Crippen LogP contribution < -0.4 is 10.6 Å². The van der Waals surface area contributed by atoms with E-state index in [-0.39, 0.29) is 17.2 Å². The number of carbonyl (C=O) groups excluding carboxylic acids is 1. The van der Waals surface area contributed by atoms with Crippen molar-refractivity contribution in [1.29, 1.82) is 0 Å². The van der Waals surface area contributed by atoms with Crippen LogP contribution >= 0.6 is 0 Å². The fourth-order valence-corrected chi connectivity index (χ4v) is 2.07. The molecule has 0 aliphatic rings. The summed E-state index contributed by atoms with van der Waals surface area (Å²) in [4.78, 5) is 16.1. The molecular formula is C18H13F2N3O. The molecule has 1 amide bonds. The Labute approximate surface area is 137 Å². The molecule has 4 nitrogen and oxygen atoms in total. The van der Waals surface area contributed by atoms with Gasteiger partial charge in [-0.05, 0) is 36.4 Å². The van der Waals surface area contributed by atoms with Gasteiger partial charge in [0.05, 0.1) is 23.3 Å². The highest BCUT2D eigenvalue weighted by Crippen LogP contribution is 2.19. The average Bonchev–Trinajstić information content (AvgIpc) is 2.59. The summed E-state index contributed by atoms with van der Waals surface area (Å²) in [6.07, 6.45) is 1.41. The van der Waals surface area contributed by atoms with Crippen LogP contribution in [0.1, 0.15) is 10.5 Å². The van der Waals surface area contributed by atoms with E-state index in [1.54, 1.807) is 30.3 Å². The average molecular weight is 325 g/mol. The molecular weight excluding hydrogens is 312 g/mol. The van der Waals surface area contributed by atoms with Crippen molar-refractivity contribution in [3.8, 4) is 0 Å². The number of aromatic nitrogens is 1. The van der Waals surface area contributed by atoms with Crippen molar-refractivity contribution in [3.05, 3.63) is 84.2 Å². The van der Waals surface area contributed by atoms with Crippen LogP contribution in [0, 0.1) is 11.6 Å². The lowest BCUT2D eigenvalue weighted by Gasteiger charge is -2.08. The van der Waals surface area contributed by atoms with Gasteiger partial charge in [0.25, 0.3) is 5.91 Å². The van der Waals surface area contributed by atoms with E-state index in [0.717, 1.165) is 0 Å². The summed E-state index contributed by atoms with van der Waals surface area (Å²) in [5, 5.41) is 5.32. The largest absolute Gasteiger partial charge is 0.352 e. The summed E-state index contributed by atoms with van der Waals surface area (Å²) in [7, 11) is 0. The summed E-state index contributed by atoms with van der Waals surface area (Å²) >= 11 is 0. The molecule has 0 saturated heterocycles. The number of pyridine rings is 1. The Morgan fingerprint density at radius 3 is 2.04 bits per heavy atom. The second kappa shape index (κ2) is 6.87. The summed E-state index contributed by atoms with van der Waals surface area (Å²) in [6, 6.07) is 15.2. The van der Waals surface area contributed by atoms with Gasteiger partial charge in [-0.25, -0.2) is 13.8 Å². The highest BCUT2D eigenvalue weighted by molar-refractivity contribution is 6.03. The standard InChI is InChI=1S/C18H13F2N3O/c19-13-5-1-3-7-15(13)22-12-9-10-17(21-11-12)18(24)23-16-8-4-2-6-14(16)20/h1-11,22H,(H,23,24). The molecule has 2 aromatic carbocycles. The lowest BCUT2D eigenvalue weighted by molar-refractivity contribution is 0.102. The maximum Gasteiger partial charge on any atom is 0.274 e. The van der Waals surface area contributed by atoms with Gasteiger partial charge in [-0.15, -0.1) is 0 Å². The Hall–Kier alpha value is -3.28. The van der Waals surface area contributed by atoms with E-state index in [1.165, 1.54) is 36.5 Å². The van der Waals surface area contributed by atoms with E-state index in [1.807, 2.05) is 0 Å². The number of hydrogen-bond donors (Lipinski definition) is 2. The summed E-state index contributed by atoms with van der Waals surface area (Å²) < 4.78 is 27.1. The number of para-hydroxylation sites is 2. The molecule has 24 heavy (non-hydrogen) atoms. The number of carbonyl (C=O) groups is 1. The highest BCUT2D eigenvalue weighted by Gasteiger charge is 2.10. The molecule has 0 radical (unpaired) electrons. The first-order valence-corrected chi connectivity index (χ1v) is 7.17. The zero-order valence-corrected chi connectivity index (χ0v) is 12.5. The van der Waals surface area contributed by atoms with Gasteiger partial charge < -0.3 is 10.6 Å². The SMILES string of the molecule is O=C(Nc1ccccc1F)c1ccc(Nc2ccccc2F)cn1. The first-order valence-electron chi connectivity index (χ1n) is 7.17. The van der Waals surface area contributed by atoms with Crippen LogP contribution in [0.15, 0.2) is 66.9 Å². The normalized spacial score (nSPS) is 10.2. The third kappa shape index (κ3) is 3.55. The summed E-state index contributed by atoms with van der Waals surface area (Å²) in [6.45, 7) is 0. The van der Waals surface area contributed by atoms with Gasteiger partial charge in [-0.1, -0.05) is 24.3 Å². The van der Waals surface area contributed by atoms with Crippen molar-refractivity contribution in [2.75, 3.05) is 10.6 Å². The van der Waals surface area contributed by atoms with Crippen molar-refractivity contribution in [3.63, 3.8) is 0 Å². The Kier molecular flexibility index (Phi) is 4.47. The van der Waals surface area contributed by atoms with Crippen molar-refractivity contribution in [2.24, 2.45) is 0 Å². The quantitative estimate of drug-likeness (QED) is 0.749. The lowest BCUT2D eigenvalue weighted by atomic mass is 10.2. The van der Waals surface area contributed by atoms with Gasteiger partial charge in [0, 0.05) is 0 Å². The third-order valence-electron chi connectivity index (χ3n) is 3.27. The van der Waals surface area contributed by atoms with E-state index in [0.29, 0.717) is 11.4 Å². The first kappa shape index (κ1) is 15.6. The minimum atomic E-state index is -0.530. The second-order valence-electron chi connectivity index (χ2n) is 4.97. The Balaban J connectivity index is 1.71. The van der Waals surface area contributed by atoms with Crippen molar-refractivity contribution in [2.45, 2.75) is 0 Å². The molecule has 0 aliphatic heterocycles. The van der Waals surface area contributed by atoms with E-state index in [2.05, 4.69) is 15.6 Å². The van der Waals surface area contributed by atoms with Crippen LogP contribution in [0.3, 0.4) is 0 Å². The molecule has 0 saturated carbocycles. The number of halogens is 2. The molecule has 0 unspecified atom stereocenters. The van der Waals surface area contributed by atoms with Crippen LogP contribution in [-0.2, 0) is 0 Å². The maximum atomic E-state index is 13.6. The van der Waals surface area contributed by atoms with Gasteiger partial charge in [0.1, 0.15) is 17.3 Å². The van der Waals surface area contributed by atoms with E-state index < -0.39 is 11.7 Å². The van der Waals surface area contributed by atoms with Gasteiger partial charge in [0.15, 0.2) is 0 Å². The van der Waals surface area contributed by atoms with Crippen molar-refractivity contribution >= 4 is 23.0 Å². The molecule has 3 rings (SSSR count). The van der Waals surface area contributed by atoms with Crippen LogP contribution in [0.5, 0.6) is 0 Å². The van der Waals surface area contributed by atoms with Crippen LogP contribution in [0.25, 0.3) is 0 Å².